The number of aromatic hydroxyl groups is 1. The molecular weight excluding hydrogens is 236 g/mol. The molecule has 2 rings (SSSR count). The highest BCUT2D eigenvalue weighted by Crippen LogP contribution is 2.22. The van der Waals surface area contributed by atoms with E-state index in [4.69, 9.17) is 5.73 Å². The molecule has 3 heteroatoms. The summed E-state index contributed by atoms with van der Waals surface area (Å²) in [6, 6.07) is 8.47. The molecule has 3 atom stereocenters. The van der Waals surface area contributed by atoms with Crippen molar-refractivity contribution in [2.45, 2.75) is 45.2 Å². The molecule has 0 aromatic heterocycles. The van der Waals surface area contributed by atoms with E-state index in [9.17, 15) is 5.11 Å². The molecule has 19 heavy (non-hydrogen) atoms. The van der Waals surface area contributed by atoms with Crippen molar-refractivity contribution in [2.75, 3.05) is 13.1 Å². The standard InChI is InChI=1S/C16H26N2O/c1-3-14-11-18(9-8-16(14)17)12(2)10-13-4-6-15(19)7-5-13/h4-7,12,14,16,19H,3,8-11,17H2,1-2H3. The quantitative estimate of drug-likeness (QED) is 0.876. The predicted octanol–water partition coefficient (Wildman–Crippen LogP) is 2.38. The molecule has 3 unspecified atom stereocenters. The number of nitrogens with zero attached hydrogens (tertiary/aromatic N) is 1. The van der Waals surface area contributed by atoms with Gasteiger partial charge in [-0.05, 0) is 49.9 Å². The maximum atomic E-state index is 9.31. The summed E-state index contributed by atoms with van der Waals surface area (Å²) in [6.45, 7) is 6.75. The lowest BCUT2D eigenvalue weighted by atomic mass is 9.89. The summed E-state index contributed by atoms with van der Waals surface area (Å²) < 4.78 is 0. The summed E-state index contributed by atoms with van der Waals surface area (Å²) in [4.78, 5) is 2.56. The molecule has 1 aliphatic heterocycles. The van der Waals surface area contributed by atoms with Crippen LogP contribution in [0.5, 0.6) is 5.75 Å². The molecule has 1 heterocycles. The van der Waals surface area contributed by atoms with Crippen LogP contribution in [0.4, 0.5) is 0 Å². The summed E-state index contributed by atoms with van der Waals surface area (Å²) in [5.74, 6) is 0.974. The topological polar surface area (TPSA) is 49.5 Å². The lowest BCUT2D eigenvalue weighted by Crippen LogP contribution is -2.50. The molecule has 0 amide bonds. The van der Waals surface area contributed by atoms with Crippen LogP contribution in [0.1, 0.15) is 32.3 Å². The second kappa shape index (κ2) is 6.40. The van der Waals surface area contributed by atoms with Crippen LogP contribution in [0.25, 0.3) is 0 Å². The first kappa shape index (κ1) is 14.4. The van der Waals surface area contributed by atoms with Gasteiger partial charge in [-0.25, -0.2) is 0 Å². The molecule has 0 saturated carbocycles. The zero-order chi connectivity index (χ0) is 13.8. The molecule has 3 N–H and O–H groups in total. The van der Waals surface area contributed by atoms with Crippen LogP contribution < -0.4 is 5.73 Å². The Labute approximate surface area is 116 Å². The van der Waals surface area contributed by atoms with E-state index in [2.05, 4.69) is 18.7 Å². The first-order valence-electron chi connectivity index (χ1n) is 7.37. The molecule has 1 aliphatic rings. The van der Waals surface area contributed by atoms with Crippen LogP contribution in [0.3, 0.4) is 0 Å². The van der Waals surface area contributed by atoms with Crippen molar-refractivity contribution in [3.05, 3.63) is 29.8 Å². The average Bonchev–Trinajstić information content (AvgIpc) is 2.42. The molecule has 0 bridgehead atoms. The van der Waals surface area contributed by atoms with Gasteiger partial charge in [0.1, 0.15) is 5.75 Å². The van der Waals surface area contributed by atoms with Crippen LogP contribution >= 0.6 is 0 Å². The smallest absolute Gasteiger partial charge is 0.115 e. The SMILES string of the molecule is CCC1CN(C(C)Cc2ccc(O)cc2)CCC1N. The molecule has 106 valence electrons. The van der Waals surface area contributed by atoms with Gasteiger partial charge in [-0.15, -0.1) is 0 Å². The Morgan fingerprint density at radius 2 is 2.05 bits per heavy atom. The van der Waals surface area contributed by atoms with Gasteiger partial charge in [0.2, 0.25) is 0 Å². The van der Waals surface area contributed by atoms with Crippen molar-refractivity contribution in [1.82, 2.24) is 4.90 Å². The van der Waals surface area contributed by atoms with E-state index in [0.717, 1.165) is 25.9 Å². The Kier molecular flexibility index (Phi) is 4.83. The van der Waals surface area contributed by atoms with Crippen molar-refractivity contribution in [2.24, 2.45) is 11.7 Å². The minimum atomic E-state index is 0.339. The Balaban J connectivity index is 1.92. The van der Waals surface area contributed by atoms with Gasteiger partial charge in [-0.3, -0.25) is 4.90 Å². The van der Waals surface area contributed by atoms with Gasteiger partial charge in [0.25, 0.3) is 0 Å². The Morgan fingerprint density at radius 1 is 1.37 bits per heavy atom. The molecule has 1 aromatic carbocycles. The number of likely N-dealkylation sites (tertiary alicyclic amines) is 1. The van der Waals surface area contributed by atoms with E-state index in [1.54, 1.807) is 12.1 Å². The fourth-order valence-electron chi connectivity index (χ4n) is 3.01. The van der Waals surface area contributed by atoms with E-state index < -0.39 is 0 Å². The minimum absolute atomic E-state index is 0.339. The van der Waals surface area contributed by atoms with Crippen molar-refractivity contribution in [3.8, 4) is 5.75 Å². The van der Waals surface area contributed by atoms with Gasteiger partial charge in [-0.2, -0.15) is 0 Å². The fraction of sp³-hybridized carbons (Fsp3) is 0.625. The number of benzene rings is 1. The highest BCUT2D eigenvalue weighted by atomic mass is 16.3. The van der Waals surface area contributed by atoms with Crippen molar-refractivity contribution < 1.29 is 5.11 Å². The van der Waals surface area contributed by atoms with Crippen LogP contribution in [-0.2, 0) is 6.42 Å². The van der Waals surface area contributed by atoms with Crippen molar-refractivity contribution >= 4 is 0 Å². The molecule has 1 saturated heterocycles. The summed E-state index contributed by atoms with van der Waals surface area (Å²) >= 11 is 0. The maximum Gasteiger partial charge on any atom is 0.115 e. The molecular formula is C16H26N2O. The van der Waals surface area contributed by atoms with Crippen molar-refractivity contribution in [1.29, 1.82) is 0 Å². The summed E-state index contributed by atoms with van der Waals surface area (Å²) in [5, 5.41) is 9.31. The molecule has 0 radical (unpaired) electrons. The Bertz CT molecular complexity index is 390. The molecule has 0 aliphatic carbocycles. The highest BCUT2D eigenvalue weighted by molar-refractivity contribution is 5.26. The Morgan fingerprint density at radius 3 is 2.68 bits per heavy atom. The third-order valence-electron chi connectivity index (χ3n) is 4.44. The second-order valence-electron chi connectivity index (χ2n) is 5.84. The van der Waals surface area contributed by atoms with Crippen LogP contribution in [0.15, 0.2) is 24.3 Å². The van der Waals surface area contributed by atoms with Crippen LogP contribution in [0, 0.1) is 5.92 Å². The van der Waals surface area contributed by atoms with Crippen LogP contribution in [-0.4, -0.2) is 35.2 Å². The number of phenols is 1. The normalized spacial score (nSPS) is 26.3. The Hall–Kier alpha value is -1.06. The highest BCUT2D eigenvalue weighted by Gasteiger charge is 2.27. The third kappa shape index (κ3) is 3.71. The van der Waals surface area contributed by atoms with Crippen molar-refractivity contribution in [3.63, 3.8) is 0 Å². The zero-order valence-electron chi connectivity index (χ0n) is 12.0. The van der Waals surface area contributed by atoms with Crippen LogP contribution in [0.2, 0.25) is 0 Å². The zero-order valence-corrected chi connectivity index (χ0v) is 12.0. The van der Waals surface area contributed by atoms with Gasteiger partial charge >= 0.3 is 0 Å². The van der Waals surface area contributed by atoms with Gasteiger partial charge in [-0.1, -0.05) is 25.5 Å². The number of hydrogen-bond donors (Lipinski definition) is 2. The van der Waals surface area contributed by atoms with E-state index >= 15 is 0 Å². The molecule has 0 spiro atoms. The molecule has 1 fully saturated rings. The van der Waals surface area contributed by atoms with Gasteiger partial charge in [0.15, 0.2) is 0 Å². The van der Waals surface area contributed by atoms with Gasteiger partial charge in [0.05, 0.1) is 0 Å². The predicted molar refractivity (Wildman–Crippen MR) is 79.2 cm³/mol. The van der Waals surface area contributed by atoms with E-state index in [0.29, 0.717) is 23.8 Å². The van der Waals surface area contributed by atoms with E-state index in [1.807, 2.05) is 12.1 Å². The lowest BCUT2D eigenvalue weighted by molar-refractivity contribution is 0.114. The second-order valence-corrected chi connectivity index (χ2v) is 5.84. The third-order valence-corrected chi connectivity index (χ3v) is 4.44. The number of rotatable bonds is 4. The molecule has 1 aromatic rings. The first-order chi connectivity index (χ1) is 9.10. The van der Waals surface area contributed by atoms with E-state index in [-0.39, 0.29) is 0 Å². The summed E-state index contributed by atoms with van der Waals surface area (Å²) in [7, 11) is 0. The average molecular weight is 262 g/mol. The largest absolute Gasteiger partial charge is 0.508 e. The van der Waals surface area contributed by atoms with Gasteiger partial charge < -0.3 is 10.8 Å². The molecule has 3 nitrogen and oxygen atoms in total. The summed E-state index contributed by atoms with van der Waals surface area (Å²) in [5.41, 5.74) is 7.45. The number of phenolic OH excluding ortho intramolecular Hbond substituents is 1. The fourth-order valence-corrected chi connectivity index (χ4v) is 3.01. The maximum absolute atomic E-state index is 9.31. The summed E-state index contributed by atoms with van der Waals surface area (Å²) in [6.07, 6.45) is 3.31. The first-order valence-corrected chi connectivity index (χ1v) is 7.37. The number of piperidine rings is 1. The monoisotopic (exact) mass is 262 g/mol. The van der Waals surface area contributed by atoms with E-state index in [1.165, 1.54) is 12.0 Å². The minimum Gasteiger partial charge on any atom is -0.508 e. The van der Waals surface area contributed by atoms with Gasteiger partial charge in [0, 0.05) is 18.6 Å². The number of nitrogens with two attached hydrogens (primary N) is 1. The lowest BCUT2D eigenvalue weighted by Gasteiger charge is -2.40. The number of hydrogen-bond acceptors (Lipinski definition) is 3.